The van der Waals surface area contributed by atoms with Gasteiger partial charge in [0.2, 0.25) is 0 Å². The minimum atomic E-state index is -1.13. The zero-order chi connectivity index (χ0) is 14.3. The van der Waals surface area contributed by atoms with Crippen LogP contribution in [0.1, 0.15) is 5.56 Å². The second kappa shape index (κ2) is 4.61. The molecular formula is C15H12FNO3. The molecule has 20 heavy (non-hydrogen) atoms. The average molecular weight is 273 g/mol. The van der Waals surface area contributed by atoms with Gasteiger partial charge in [0.15, 0.2) is 6.04 Å². The quantitative estimate of drug-likeness (QED) is 0.883. The van der Waals surface area contributed by atoms with E-state index in [0.29, 0.717) is 27.4 Å². The van der Waals surface area contributed by atoms with Crippen LogP contribution >= 0.6 is 0 Å². The Morgan fingerprint density at radius 2 is 1.95 bits per heavy atom. The van der Waals surface area contributed by atoms with Crippen molar-refractivity contribution < 1.29 is 19.5 Å². The molecule has 0 aliphatic carbocycles. The number of hydroxylamine groups is 1. The first-order chi connectivity index (χ1) is 9.58. The molecule has 4 nitrogen and oxygen atoms in total. The summed E-state index contributed by atoms with van der Waals surface area (Å²) in [7, 11) is 0. The van der Waals surface area contributed by atoms with Gasteiger partial charge in [-0.1, -0.05) is 30.3 Å². The highest BCUT2D eigenvalue weighted by Crippen LogP contribution is 2.36. The third-order valence-corrected chi connectivity index (χ3v) is 3.49. The van der Waals surface area contributed by atoms with E-state index in [1.165, 1.54) is 12.1 Å². The van der Waals surface area contributed by atoms with Crippen molar-refractivity contribution in [3.63, 3.8) is 0 Å². The number of fused-ring (bicyclic) bond motifs is 1. The van der Waals surface area contributed by atoms with E-state index in [1.807, 2.05) is 6.07 Å². The first-order valence-electron chi connectivity index (χ1n) is 6.16. The number of carboxylic acid groups (broad SMARTS) is 1. The Morgan fingerprint density at radius 1 is 1.25 bits per heavy atom. The summed E-state index contributed by atoms with van der Waals surface area (Å²) in [6.45, 7) is 0. The van der Waals surface area contributed by atoms with Gasteiger partial charge in [-0.2, -0.15) is 0 Å². The molecule has 3 rings (SSSR count). The Morgan fingerprint density at radius 3 is 2.60 bits per heavy atom. The molecule has 0 fully saturated rings. The molecule has 102 valence electrons. The van der Waals surface area contributed by atoms with Crippen LogP contribution in [0.15, 0.2) is 42.5 Å². The summed E-state index contributed by atoms with van der Waals surface area (Å²) in [5.74, 6) is -1.56. The van der Waals surface area contributed by atoms with Crippen LogP contribution in [0.4, 0.5) is 10.1 Å². The van der Waals surface area contributed by atoms with Gasteiger partial charge in [0.1, 0.15) is 5.82 Å². The van der Waals surface area contributed by atoms with E-state index in [4.69, 9.17) is 5.11 Å². The first kappa shape index (κ1) is 12.6. The molecule has 1 unspecified atom stereocenters. The predicted molar refractivity (Wildman–Crippen MR) is 71.2 cm³/mol. The zero-order valence-corrected chi connectivity index (χ0v) is 10.5. The van der Waals surface area contributed by atoms with Crippen molar-refractivity contribution in [3.05, 3.63) is 53.8 Å². The van der Waals surface area contributed by atoms with Gasteiger partial charge in [-0.15, -0.1) is 0 Å². The Balaban J connectivity index is 2.09. The van der Waals surface area contributed by atoms with E-state index in [0.717, 1.165) is 0 Å². The number of carbonyl (C=O) groups is 1. The molecule has 0 radical (unpaired) electrons. The topological polar surface area (TPSA) is 60.8 Å². The fourth-order valence-electron chi connectivity index (χ4n) is 2.47. The largest absolute Gasteiger partial charge is 0.480 e. The number of aliphatic carboxylic acids is 1. The molecule has 0 aromatic heterocycles. The minimum Gasteiger partial charge on any atom is -0.480 e. The van der Waals surface area contributed by atoms with Crippen LogP contribution < -0.4 is 5.06 Å². The van der Waals surface area contributed by atoms with Crippen LogP contribution in [-0.4, -0.2) is 22.3 Å². The minimum absolute atomic E-state index is 0.0904. The lowest BCUT2D eigenvalue weighted by molar-refractivity contribution is -0.139. The van der Waals surface area contributed by atoms with Crippen LogP contribution in [-0.2, 0) is 11.2 Å². The van der Waals surface area contributed by atoms with Crippen molar-refractivity contribution in [1.82, 2.24) is 0 Å². The van der Waals surface area contributed by atoms with Crippen molar-refractivity contribution in [2.24, 2.45) is 0 Å². The van der Waals surface area contributed by atoms with Gasteiger partial charge >= 0.3 is 5.97 Å². The highest BCUT2D eigenvalue weighted by molar-refractivity contribution is 5.83. The summed E-state index contributed by atoms with van der Waals surface area (Å²) in [5, 5.41) is 19.6. The molecule has 1 atom stereocenters. The summed E-state index contributed by atoms with van der Waals surface area (Å²) in [4.78, 5) is 11.0. The van der Waals surface area contributed by atoms with Crippen molar-refractivity contribution in [1.29, 1.82) is 0 Å². The number of nitrogens with zero attached hydrogens (tertiary/aromatic N) is 1. The lowest BCUT2D eigenvalue weighted by Crippen LogP contribution is -2.35. The number of halogens is 1. The Bertz CT molecular complexity index is 672. The summed E-state index contributed by atoms with van der Waals surface area (Å²) < 4.78 is 14.1. The van der Waals surface area contributed by atoms with Gasteiger partial charge in [0.25, 0.3) is 0 Å². The third-order valence-electron chi connectivity index (χ3n) is 3.49. The van der Waals surface area contributed by atoms with Crippen LogP contribution in [0, 0.1) is 5.82 Å². The van der Waals surface area contributed by atoms with E-state index in [9.17, 15) is 14.4 Å². The third kappa shape index (κ3) is 1.92. The SMILES string of the molecule is O=C(O)C1Cc2cc(F)c(-c3ccccc3)cc2N1O. The monoisotopic (exact) mass is 273 g/mol. The van der Waals surface area contributed by atoms with Crippen LogP contribution in [0.3, 0.4) is 0 Å². The summed E-state index contributed by atoms with van der Waals surface area (Å²) in [5.41, 5.74) is 1.86. The van der Waals surface area contributed by atoms with Crippen molar-refractivity contribution in [2.45, 2.75) is 12.5 Å². The maximum atomic E-state index is 14.1. The second-order valence-electron chi connectivity index (χ2n) is 4.73. The maximum absolute atomic E-state index is 14.1. The fourth-order valence-corrected chi connectivity index (χ4v) is 2.47. The number of anilines is 1. The van der Waals surface area contributed by atoms with Crippen molar-refractivity contribution in [2.75, 3.05) is 5.06 Å². The first-order valence-corrected chi connectivity index (χ1v) is 6.16. The summed E-state index contributed by atoms with van der Waals surface area (Å²) in [6.07, 6.45) is 0.0904. The van der Waals surface area contributed by atoms with Gasteiger partial charge in [-0.25, -0.2) is 14.2 Å². The molecule has 1 heterocycles. The van der Waals surface area contributed by atoms with E-state index < -0.39 is 17.8 Å². The highest BCUT2D eigenvalue weighted by atomic mass is 19.1. The molecule has 0 saturated carbocycles. The molecule has 2 aromatic carbocycles. The molecule has 2 N–H and O–H groups in total. The van der Waals surface area contributed by atoms with E-state index >= 15 is 0 Å². The Kier molecular flexibility index (Phi) is 2.91. The van der Waals surface area contributed by atoms with Gasteiger partial charge in [-0.3, -0.25) is 5.21 Å². The Hall–Kier alpha value is -2.40. The number of hydrogen-bond acceptors (Lipinski definition) is 3. The lowest BCUT2D eigenvalue weighted by atomic mass is 10.0. The van der Waals surface area contributed by atoms with E-state index in [1.54, 1.807) is 24.3 Å². The second-order valence-corrected chi connectivity index (χ2v) is 4.73. The molecule has 0 spiro atoms. The molecule has 2 aromatic rings. The van der Waals surface area contributed by atoms with Crippen LogP contribution in [0.5, 0.6) is 0 Å². The van der Waals surface area contributed by atoms with E-state index in [2.05, 4.69) is 0 Å². The van der Waals surface area contributed by atoms with Gasteiger partial charge in [-0.05, 0) is 23.3 Å². The smallest absolute Gasteiger partial charge is 0.329 e. The summed E-state index contributed by atoms with van der Waals surface area (Å²) in [6, 6.07) is 10.7. The number of hydrogen-bond donors (Lipinski definition) is 2. The number of carboxylic acids is 1. The normalized spacial score (nSPS) is 17.1. The molecular weight excluding hydrogens is 261 g/mol. The standard InChI is InChI=1S/C15H12FNO3/c16-12-6-10-7-14(15(18)19)17(20)13(10)8-11(12)9-4-2-1-3-5-9/h1-6,8,14,20H,7H2,(H,18,19). The predicted octanol–water partition coefficient (Wildman–Crippen LogP) is 2.70. The fraction of sp³-hybridized carbons (Fsp3) is 0.133. The van der Waals surface area contributed by atoms with Gasteiger partial charge in [0.05, 0.1) is 5.69 Å². The molecule has 1 aliphatic heterocycles. The van der Waals surface area contributed by atoms with Crippen molar-refractivity contribution >= 4 is 11.7 Å². The molecule has 0 amide bonds. The van der Waals surface area contributed by atoms with Gasteiger partial charge in [0, 0.05) is 12.0 Å². The maximum Gasteiger partial charge on any atom is 0.329 e. The number of rotatable bonds is 2. The van der Waals surface area contributed by atoms with Crippen LogP contribution in [0.25, 0.3) is 11.1 Å². The molecule has 0 bridgehead atoms. The van der Waals surface area contributed by atoms with Crippen molar-refractivity contribution in [3.8, 4) is 11.1 Å². The molecule has 0 saturated heterocycles. The number of benzene rings is 2. The van der Waals surface area contributed by atoms with Gasteiger partial charge < -0.3 is 5.11 Å². The molecule has 1 aliphatic rings. The summed E-state index contributed by atoms with van der Waals surface area (Å²) >= 11 is 0. The average Bonchev–Trinajstić information content (AvgIpc) is 2.75. The Labute approximate surface area is 114 Å². The zero-order valence-electron chi connectivity index (χ0n) is 10.5. The van der Waals surface area contributed by atoms with E-state index in [-0.39, 0.29) is 6.42 Å². The lowest BCUT2D eigenvalue weighted by Gasteiger charge is -2.16. The highest BCUT2D eigenvalue weighted by Gasteiger charge is 2.34. The molecule has 5 heteroatoms. The van der Waals surface area contributed by atoms with Crippen LogP contribution in [0.2, 0.25) is 0 Å².